The van der Waals surface area contributed by atoms with Gasteiger partial charge >= 0.3 is 5.97 Å². The van der Waals surface area contributed by atoms with Crippen LogP contribution < -0.4 is 0 Å². The maximum Gasteiger partial charge on any atom is 0.330 e. The average molecular weight is 342 g/mol. The van der Waals surface area contributed by atoms with E-state index in [0.29, 0.717) is 6.61 Å². The van der Waals surface area contributed by atoms with Crippen molar-refractivity contribution in [2.45, 2.75) is 34.6 Å². The molecule has 0 aliphatic heterocycles. The molecule has 0 spiro atoms. The van der Waals surface area contributed by atoms with Gasteiger partial charge < -0.3 is 9.64 Å². The smallest absolute Gasteiger partial charge is 0.330 e. The van der Waals surface area contributed by atoms with Crippen LogP contribution in [0, 0.1) is 0 Å². The Morgan fingerprint density at radius 1 is 1.20 bits per heavy atom. The van der Waals surface area contributed by atoms with Crippen molar-refractivity contribution >= 4 is 23.8 Å². The zero-order chi connectivity index (χ0) is 18.7. The normalized spacial score (nSPS) is 12.5. The molecule has 1 aromatic rings. The Hall–Kier alpha value is -2.36. The Morgan fingerprint density at radius 2 is 1.92 bits per heavy atom. The molecule has 0 atom stereocenters. The third-order valence-corrected chi connectivity index (χ3v) is 3.93. The average Bonchev–Trinajstić information content (AvgIpc) is 2.62. The van der Waals surface area contributed by atoms with Gasteiger partial charge in [0, 0.05) is 43.2 Å². The van der Waals surface area contributed by atoms with Crippen molar-refractivity contribution in [2.24, 2.45) is 4.99 Å². The third kappa shape index (κ3) is 6.57. The summed E-state index contributed by atoms with van der Waals surface area (Å²) in [6, 6.07) is 8.11. The first-order valence-electron chi connectivity index (χ1n) is 8.98. The molecular formula is C21H30N2O2. The number of ether oxygens (including phenoxy) is 1. The predicted octanol–water partition coefficient (Wildman–Crippen LogP) is 4.43. The fraction of sp³-hybridized carbons (Fsp3) is 0.429. The van der Waals surface area contributed by atoms with Gasteiger partial charge in [-0.1, -0.05) is 18.2 Å². The Morgan fingerprint density at radius 3 is 2.52 bits per heavy atom. The molecule has 0 aromatic heterocycles. The highest BCUT2D eigenvalue weighted by Crippen LogP contribution is 2.21. The van der Waals surface area contributed by atoms with Crippen LogP contribution in [0.4, 0.5) is 0 Å². The van der Waals surface area contributed by atoms with E-state index in [1.54, 1.807) is 13.0 Å². The fourth-order valence-electron chi connectivity index (χ4n) is 2.59. The fourth-order valence-corrected chi connectivity index (χ4v) is 2.59. The van der Waals surface area contributed by atoms with Gasteiger partial charge in [-0.15, -0.1) is 0 Å². The first-order chi connectivity index (χ1) is 12.1. The maximum absolute atomic E-state index is 11.5. The van der Waals surface area contributed by atoms with Crippen molar-refractivity contribution in [3.8, 4) is 0 Å². The standard InChI is InChI=1S/C21H30N2O2/c1-6-22-16-20(17(5)23(7-2)8-3)19-12-10-11-18(15-19)13-14-21(24)25-9-4/h10-16H,6-9H2,1-5H3/b14-13+,20-17-,22-16?. The van der Waals surface area contributed by atoms with Gasteiger partial charge in [0.05, 0.1) is 6.61 Å². The summed E-state index contributed by atoms with van der Waals surface area (Å²) in [6.07, 6.45) is 5.19. The number of esters is 1. The van der Waals surface area contributed by atoms with Gasteiger partial charge in [-0.2, -0.15) is 0 Å². The summed E-state index contributed by atoms with van der Waals surface area (Å²) in [6.45, 7) is 13.3. The summed E-state index contributed by atoms with van der Waals surface area (Å²) < 4.78 is 4.93. The largest absolute Gasteiger partial charge is 0.463 e. The zero-order valence-electron chi connectivity index (χ0n) is 16.1. The molecule has 0 amide bonds. The Balaban J connectivity index is 3.24. The lowest BCUT2D eigenvalue weighted by molar-refractivity contribution is -0.137. The summed E-state index contributed by atoms with van der Waals surface area (Å²) in [5.41, 5.74) is 4.36. The summed E-state index contributed by atoms with van der Waals surface area (Å²) >= 11 is 0. The lowest BCUT2D eigenvalue weighted by Crippen LogP contribution is -2.22. The molecule has 1 aromatic carbocycles. The number of carbonyl (C=O) groups is 1. The molecule has 0 unspecified atom stereocenters. The van der Waals surface area contributed by atoms with Crippen LogP contribution in [0.1, 0.15) is 45.7 Å². The monoisotopic (exact) mass is 342 g/mol. The molecule has 0 saturated heterocycles. The number of nitrogens with zero attached hydrogens (tertiary/aromatic N) is 2. The van der Waals surface area contributed by atoms with Gasteiger partial charge in [-0.05, 0) is 57.9 Å². The van der Waals surface area contributed by atoms with E-state index in [2.05, 4.69) is 42.8 Å². The molecule has 0 fully saturated rings. The molecule has 0 N–H and O–H groups in total. The van der Waals surface area contributed by atoms with Crippen molar-refractivity contribution in [2.75, 3.05) is 26.2 Å². The maximum atomic E-state index is 11.5. The highest BCUT2D eigenvalue weighted by Gasteiger charge is 2.09. The second-order valence-corrected chi connectivity index (χ2v) is 5.51. The van der Waals surface area contributed by atoms with Crippen molar-refractivity contribution in [3.63, 3.8) is 0 Å². The molecule has 0 aliphatic carbocycles. The Labute approximate surface area is 151 Å². The highest BCUT2D eigenvalue weighted by molar-refractivity contribution is 6.11. The number of aliphatic imine (C=N–C) groups is 1. The van der Waals surface area contributed by atoms with Gasteiger partial charge in [0.25, 0.3) is 0 Å². The molecule has 0 radical (unpaired) electrons. The quantitative estimate of drug-likeness (QED) is 0.379. The van der Waals surface area contributed by atoms with E-state index in [-0.39, 0.29) is 5.97 Å². The van der Waals surface area contributed by atoms with Gasteiger partial charge in [0.15, 0.2) is 0 Å². The minimum atomic E-state index is -0.324. The lowest BCUT2D eigenvalue weighted by Gasteiger charge is -2.24. The minimum Gasteiger partial charge on any atom is -0.463 e. The highest BCUT2D eigenvalue weighted by atomic mass is 16.5. The van der Waals surface area contributed by atoms with Crippen LogP contribution in [0.5, 0.6) is 0 Å². The molecule has 0 saturated carbocycles. The van der Waals surface area contributed by atoms with Gasteiger partial charge in [-0.3, -0.25) is 4.99 Å². The van der Waals surface area contributed by atoms with Gasteiger partial charge in [0.1, 0.15) is 0 Å². The Bertz CT molecular complexity index is 641. The molecule has 0 bridgehead atoms. The van der Waals surface area contributed by atoms with Crippen LogP contribution in [0.15, 0.2) is 41.0 Å². The van der Waals surface area contributed by atoms with E-state index < -0.39 is 0 Å². The first kappa shape index (κ1) is 20.7. The summed E-state index contributed by atoms with van der Waals surface area (Å²) in [4.78, 5) is 18.3. The second-order valence-electron chi connectivity index (χ2n) is 5.51. The van der Waals surface area contributed by atoms with Crippen LogP contribution in [0.2, 0.25) is 0 Å². The first-order valence-corrected chi connectivity index (χ1v) is 8.98. The predicted molar refractivity (Wildman–Crippen MR) is 107 cm³/mol. The second kappa shape index (κ2) is 11.2. The van der Waals surface area contributed by atoms with Gasteiger partial charge in [0.2, 0.25) is 0 Å². The SMILES string of the molecule is CCN=C/C(=C(\C)N(CC)CC)c1cccc(/C=C/C(=O)OCC)c1. The minimum absolute atomic E-state index is 0.324. The molecule has 136 valence electrons. The van der Waals surface area contributed by atoms with Crippen molar-refractivity contribution in [1.29, 1.82) is 0 Å². The molecule has 0 heterocycles. The van der Waals surface area contributed by atoms with E-state index in [4.69, 9.17) is 4.74 Å². The van der Waals surface area contributed by atoms with E-state index in [0.717, 1.165) is 36.3 Å². The number of hydrogen-bond donors (Lipinski definition) is 0. The lowest BCUT2D eigenvalue weighted by atomic mass is 10.0. The molecule has 4 nitrogen and oxygen atoms in total. The number of benzene rings is 1. The molecule has 25 heavy (non-hydrogen) atoms. The van der Waals surface area contributed by atoms with E-state index in [9.17, 15) is 4.79 Å². The number of allylic oxidation sites excluding steroid dienone is 2. The van der Waals surface area contributed by atoms with Crippen molar-refractivity contribution in [1.82, 2.24) is 4.90 Å². The number of hydrogen-bond acceptors (Lipinski definition) is 4. The van der Waals surface area contributed by atoms with Crippen LogP contribution in [-0.2, 0) is 9.53 Å². The number of carbonyl (C=O) groups excluding carboxylic acids is 1. The summed E-state index contributed by atoms with van der Waals surface area (Å²) in [5, 5.41) is 0. The van der Waals surface area contributed by atoms with Crippen LogP contribution in [-0.4, -0.2) is 43.3 Å². The molecule has 4 heteroatoms. The number of rotatable bonds is 9. The molecular weight excluding hydrogens is 312 g/mol. The van der Waals surface area contributed by atoms with Crippen molar-refractivity contribution < 1.29 is 9.53 Å². The van der Waals surface area contributed by atoms with E-state index >= 15 is 0 Å². The van der Waals surface area contributed by atoms with Crippen LogP contribution in [0.3, 0.4) is 0 Å². The Kier molecular flexibility index (Phi) is 9.30. The molecule has 1 rings (SSSR count). The molecule has 0 aliphatic rings. The summed E-state index contributed by atoms with van der Waals surface area (Å²) in [7, 11) is 0. The third-order valence-electron chi connectivity index (χ3n) is 3.93. The van der Waals surface area contributed by atoms with Gasteiger partial charge in [-0.25, -0.2) is 4.79 Å². The van der Waals surface area contributed by atoms with Crippen molar-refractivity contribution in [3.05, 3.63) is 47.2 Å². The summed E-state index contributed by atoms with van der Waals surface area (Å²) in [5.74, 6) is -0.324. The van der Waals surface area contributed by atoms with Crippen LogP contribution in [0.25, 0.3) is 11.6 Å². The zero-order valence-corrected chi connectivity index (χ0v) is 16.1. The topological polar surface area (TPSA) is 41.9 Å². The van der Waals surface area contributed by atoms with E-state index in [1.807, 2.05) is 25.3 Å². The van der Waals surface area contributed by atoms with E-state index in [1.165, 1.54) is 11.8 Å². The van der Waals surface area contributed by atoms with Crippen LogP contribution >= 0.6 is 0 Å².